The van der Waals surface area contributed by atoms with Crippen molar-refractivity contribution >= 4 is 17.6 Å². The maximum atomic E-state index is 12.3. The van der Waals surface area contributed by atoms with Crippen molar-refractivity contribution in [3.8, 4) is 5.75 Å². The number of esters is 1. The van der Waals surface area contributed by atoms with E-state index in [0.717, 1.165) is 17.9 Å². The molecule has 0 aliphatic heterocycles. The lowest BCUT2D eigenvalue weighted by Gasteiger charge is -2.07. The zero-order chi connectivity index (χ0) is 19.9. The molecule has 0 radical (unpaired) electrons. The number of hydrogen-bond donors (Lipinski definition) is 1. The van der Waals surface area contributed by atoms with Crippen LogP contribution >= 0.6 is 0 Å². The molecule has 7 nitrogen and oxygen atoms in total. The van der Waals surface area contributed by atoms with Crippen LogP contribution in [0.4, 0.5) is 5.69 Å². The number of rotatable bonds is 6. The standard InChI is InChI=1S/C21H17NO6/c1-26-21(25)15-7-9-16(10-8-15)22-20(24)18-11-17(23)19(13-28-18)27-12-14-5-3-2-4-6-14/h2-11,13H,12H2,1H3,(H,22,24). The fourth-order valence-electron chi connectivity index (χ4n) is 2.36. The van der Waals surface area contributed by atoms with E-state index in [1.165, 1.54) is 19.2 Å². The predicted octanol–water partition coefficient (Wildman–Crippen LogP) is 3.26. The monoisotopic (exact) mass is 379 g/mol. The average molecular weight is 379 g/mol. The molecule has 0 unspecified atom stereocenters. The minimum Gasteiger partial charge on any atom is -0.482 e. The van der Waals surface area contributed by atoms with Gasteiger partial charge in [0, 0.05) is 11.8 Å². The van der Waals surface area contributed by atoms with Crippen LogP contribution in [0.5, 0.6) is 5.75 Å². The molecule has 7 heteroatoms. The van der Waals surface area contributed by atoms with Gasteiger partial charge in [-0.3, -0.25) is 9.59 Å². The summed E-state index contributed by atoms with van der Waals surface area (Å²) in [5, 5.41) is 2.58. The fraction of sp³-hybridized carbons (Fsp3) is 0.0952. The molecule has 2 aromatic carbocycles. The minimum atomic E-state index is -0.600. The summed E-state index contributed by atoms with van der Waals surface area (Å²) < 4.78 is 15.3. The molecule has 3 aromatic rings. The Balaban J connectivity index is 1.65. The first kappa shape index (κ1) is 18.9. The molecule has 0 aliphatic carbocycles. The smallest absolute Gasteiger partial charge is 0.337 e. The lowest BCUT2D eigenvalue weighted by molar-refractivity contribution is 0.0600. The summed E-state index contributed by atoms with van der Waals surface area (Å²) in [7, 11) is 1.28. The quantitative estimate of drug-likeness (QED) is 0.661. The van der Waals surface area contributed by atoms with Crippen molar-refractivity contribution in [2.45, 2.75) is 6.61 Å². The Morgan fingerprint density at radius 3 is 2.39 bits per heavy atom. The molecule has 3 rings (SSSR count). The van der Waals surface area contributed by atoms with Crippen LogP contribution in [0.15, 0.2) is 76.1 Å². The largest absolute Gasteiger partial charge is 0.482 e. The summed E-state index contributed by atoms with van der Waals surface area (Å²) in [6, 6.07) is 16.5. The molecule has 0 atom stereocenters. The summed E-state index contributed by atoms with van der Waals surface area (Å²) in [5.41, 5.74) is 1.23. The number of hydrogen-bond acceptors (Lipinski definition) is 6. The van der Waals surface area contributed by atoms with Gasteiger partial charge in [0.25, 0.3) is 5.91 Å². The van der Waals surface area contributed by atoms with Gasteiger partial charge in [0.15, 0.2) is 5.76 Å². The van der Waals surface area contributed by atoms with Gasteiger partial charge in [-0.1, -0.05) is 30.3 Å². The average Bonchev–Trinajstić information content (AvgIpc) is 2.73. The molecule has 28 heavy (non-hydrogen) atoms. The Kier molecular flexibility index (Phi) is 5.86. The highest BCUT2D eigenvalue weighted by Crippen LogP contribution is 2.13. The highest BCUT2D eigenvalue weighted by Gasteiger charge is 2.13. The molecular weight excluding hydrogens is 362 g/mol. The van der Waals surface area contributed by atoms with Crippen LogP contribution in [0, 0.1) is 0 Å². The SMILES string of the molecule is COC(=O)c1ccc(NC(=O)c2cc(=O)c(OCc3ccccc3)co2)cc1. The molecule has 0 saturated carbocycles. The van der Waals surface area contributed by atoms with Crippen molar-refractivity contribution in [1.29, 1.82) is 0 Å². The second-order valence-electron chi connectivity index (χ2n) is 5.77. The molecular formula is C21H17NO6. The van der Waals surface area contributed by atoms with Gasteiger partial charge in [0.05, 0.1) is 12.7 Å². The summed E-state index contributed by atoms with van der Waals surface area (Å²) in [6.45, 7) is 0.212. The van der Waals surface area contributed by atoms with Crippen LogP contribution < -0.4 is 15.5 Å². The van der Waals surface area contributed by atoms with Crippen LogP contribution in [0.2, 0.25) is 0 Å². The van der Waals surface area contributed by atoms with E-state index >= 15 is 0 Å². The predicted molar refractivity (Wildman–Crippen MR) is 101 cm³/mol. The molecule has 0 aliphatic rings. The van der Waals surface area contributed by atoms with Gasteiger partial charge in [-0.05, 0) is 29.8 Å². The third-order valence-corrected chi connectivity index (χ3v) is 3.82. The van der Waals surface area contributed by atoms with Crippen molar-refractivity contribution in [2.24, 2.45) is 0 Å². The van der Waals surface area contributed by atoms with Gasteiger partial charge in [0.2, 0.25) is 11.2 Å². The first-order chi connectivity index (χ1) is 13.6. The van der Waals surface area contributed by atoms with Crippen LogP contribution in [0.25, 0.3) is 0 Å². The van der Waals surface area contributed by atoms with Crippen LogP contribution in [-0.4, -0.2) is 19.0 Å². The van der Waals surface area contributed by atoms with E-state index in [2.05, 4.69) is 10.1 Å². The van der Waals surface area contributed by atoms with E-state index in [0.29, 0.717) is 11.3 Å². The topological polar surface area (TPSA) is 94.8 Å². The number of ether oxygens (including phenoxy) is 2. The van der Waals surface area contributed by atoms with Crippen molar-refractivity contribution < 1.29 is 23.5 Å². The molecule has 1 aromatic heterocycles. The lowest BCUT2D eigenvalue weighted by atomic mass is 10.2. The second-order valence-corrected chi connectivity index (χ2v) is 5.77. The van der Waals surface area contributed by atoms with E-state index < -0.39 is 17.3 Å². The van der Waals surface area contributed by atoms with Crippen molar-refractivity contribution in [1.82, 2.24) is 0 Å². The Morgan fingerprint density at radius 1 is 1.04 bits per heavy atom. The van der Waals surface area contributed by atoms with Gasteiger partial charge < -0.3 is 19.2 Å². The third-order valence-electron chi connectivity index (χ3n) is 3.82. The molecule has 1 amide bonds. The summed E-state index contributed by atoms with van der Waals surface area (Å²) in [4.78, 5) is 35.8. The number of methoxy groups -OCH3 is 1. The molecule has 1 heterocycles. The van der Waals surface area contributed by atoms with E-state index in [4.69, 9.17) is 9.15 Å². The fourth-order valence-corrected chi connectivity index (χ4v) is 2.36. The van der Waals surface area contributed by atoms with E-state index in [1.807, 2.05) is 30.3 Å². The zero-order valence-corrected chi connectivity index (χ0v) is 15.0. The normalized spacial score (nSPS) is 10.2. The Bertz CT molecular complexity index is 1020. The van der Waals surface area contributed by atoms with E-state index in [1.54, 1.807) is 12.1 Å². The number of carbonyl (C=O) groups excluding carboxylic acids is 2. The highest BCUT2D eigenvalue weighted by molar-refractivity contribution is 6.02. The number of amides is 1. The first-order valence-electron chi connectivity index (χ1n) is 8.36. The van der Waals surface area contributed by atoms with Gasteiger partial charge in [0.1, 0.15) is 12.9 Å². The number of carbonyl (C=O) groups is 2. The lowest BCUT2D eigenvalue weighted by Crippen LogP contribution is -2.16. The third kappa shape index (κ3) is 4.64. The van der Waals surface area contributed by atoms with Gasteiger partial charge in [-0.15, -0.1) is 0 Å². The highest BCUT2D eigenvalue weighted by atomic mass is 16.5. The Hall–Kier alpha value is -3.87. The molecule has 0 fully saturated rings. The number of nitrogens with one attached hydrogen (secondary N) is 1. The maximum Gasteiger partial charge on any atom is 0.337 e. The van der Waals surface area contributed by atoms with Gasteiger partial charge >= 0.3 is 5.97 Å². The maximum absolute atomic E-state index is 12.3. The van der Waals surface area contributed by atoms with Gasteiger partial charge in [-0.2, -0.15) is 0 Å². The molecule has 142 valence electrons. The number of anilines is 1. The van der Waals surface area contributed by atoms with Crippen LogP contribution in [-0.2, 0) is 11.3 Å². The van der Waals surface area contributed by atoms with Crippen LogP contribution in [0.1, 0.15) is 26.5 Å². The Labute approximate surface area is 160 Å². The summed E-state index contributed by atoms with van der Waals surface area (Å²) in [6.07, 6.45) is 1.11. The van der Waals surface area contributed by atoms with Crippen molar-refractivity contribution in [3.05, 3.63) is 94.0 Å². The van der Waals surface area contributed by atoms with Crippen molar-refractivity contribution in [3.63, 3.8) is 0 Å². The van der Waals surface area contributed by atoms with Crippen LogP contribution in [0.3, 0.4) is 0 Å². The minimum absolute atomic E-state index is 0.0165. The summed E-state index contributed by atoms with van der Waals surface area (Å²) >= 11 is 0. The number of benzene rings is 2. The summed E-state index contributed by atoms with van der Waals surface area (Å²) in [5.74, 6) is -1.22. The van der Waals surface area contributed by atoms with E-state index in [-0.39, 0.29) is 18.1 Å². The molecule has 0 saturated heterocycles. The van der Waals surface area contributed by atoms with Gasteiger partial charge in [-0.25, -0.2) is 4.79 Å². The zero-order valence-electron chi connectivity index (χ0n) is 15.0. The Morgan fingerprint density at radius 2 is 1.75 bits per heavy atom. The molecule has 0 bridgehead atoms. The first-order valence-corrected chi connectivity index (χ1v) is 8.36. The molecule has 1 N–H and O–H groups in total. The van der Waals surface area contributed by atoms with Crippen molar-refractivity contribution in [2.75, 3.05) is 12.4 Å². The second kappa shape index (κ2) is 8.68. The molecule has 0 spiro atoms. The van der Waals surface area contributed by atoms with E-state index in [9.17, 15) is 14.4 Å².